The van der Waals surface area contributed by atoms with Gasteiger partial charge in [-0.3, -0.25) is 4.79 Å². The standard InChI is InChI=1S/C14H24BrNO2/c1-3-18-12-6-11(7-12)8-14(17)16-5-4-10(2)13(16)9-15/h10-13H,3-9H2,1-2H3. The van der Waals surface area contributed by atoms with Crippen LogP contribution in [0.1, 0.15) is 39.5 Å². The predicted octanol–water partition coefficient (Wildman–Crippen LogP) is 2.82. The summed E-state index contributed by atoms with van der Waals surface area (Å²) in [4.78, 5) is 14.4. The first-order valence-corrected chi connectivity index (χ1v) is 8.24. The van der Waals surface area contributed by atoms with Crippen LogP contribution in [0.2, 0.25) is 0 Å². The molecule has 2 unspecified atom stereocenters. The van der Waals surface area contributed by atoms with Gasteiger partial charge in [-0.25, -0.2) is 0 Å². The van der Waals surface area contributed by atoms with Crippen molar-refractivity contribution in [1.82, 2.24) is 4.90 Å². The molecule has 0 aromatic heterocycles. The third-order valence-electron chi connectivity index (χ3n) is 4.42. The van der Waals surface area contributed by atoms with E-state index < -0.39 is 0 Å². The second-order valence-electron chi connectivity index (χ2n) is 5.69. The summed E-state index contributed by atoms with van der Waals surface area (Å²) >= 11 is 3.54. The summed E-state index contributed by atoms with van der Waals surface area (Å²) in [5.74, 6) is 1.54. The first-order chi connectivity index (χ1) is 8.65. The fourth-order valence-corrected chi connectivity index (χ4v) is 4.12. The van der Waals surface area contributed by atoms with Gasteiger partial charge >= 0.3 is 0 Å². The monoisotopic (exact) mass is 317 g/mol. The Morgan fingerprint density at radius 1 is 1.44 bits per heavy atom. The Morgan fingerprint density at radius 2 is 2.17 bits per heavy atom. The van der Waals surface area contributed by atoms with E-state index in [1.54, 1.807) is 0 Å². The number of alkyl halides is 1. The van der Waals surface area contributed by atoms with Gasteiger partial charge in [0.1, 0.15) is 0 Å². The minimum Gasteiger partial charge on any atom is -0.378 e. The summed E-state index contributed by atoms with van der Waals surface area (Å²) in [5, 5.41) is 0.909. The molecule has 1 saturated heterocycles. The number of hydrogen-bond acceptors (Lipinski definition) is 2. The molecule has 1 aliphatic carbocycles. The van der Waals surface area contributed by atoms with E-state index in [9.17, 15) is 4.79 Å². The number of halogens is 1. The highest BCUT2D eigenvalue weighted by Gasteiger charge is 2.37. The summed E-state index contributed by atoms with van der Waals surface area (Å²) in [6.45, 7) is 6.01. The fraction of sp³-hybridized carbons (Fsp3) is 0.929. The number of nitrogens with zero attached hydrogens (tertiary/aromatic N) is 1. The predicted molar refractivity (Wildman–Crippen MR) is 75.8 cm³/mol. The number of carbonyl (C=O) groups excluding carboxylic acids is 1. The van der Waals surface area contributed by atoms with Gasteiger partial charge in [-0.05, 0) is 38.0 Å². The molecule has 1 saturated carbocycles. The minimum atomic E-state index is 0.351. The average molecular weight is 318 g/mol. The van der Waals surface area contributed by atoms with Crippen LogP contribution in [0.5, 0.6) is 0 Å². The summed E-state index contributed by atoms with van der Waals surface area (Å²) in [6, 6.07) is 0.403. The zero-order valence-electron chi connectivity index (χ0n) is 11.4. The Bertz CT molecular complexity index is 292. The molecule has 104 valence electrons. The number of amides is 1. The Kier molecular flexibility index (Phi) is 5.07. The molecule has 3 nitrogen and oxygen atoms in total. The van der Waals surface area contributed by atoms with Crippen molar-refractivity contribution in [2.75, 3.05) is 18.5 Å². The highest BCUT2D eigenvalue weighted by Crippen LogP contribution is 2.34. The number of carbonyl (C=O) groups is 1. The van der Waals surface area contributed by atoms with Gasteiger partial charge in [-0.2, -0.15) is 0 Å². The van der Waals surface area contributed by atoms with Crippen molar-refractivity contribution in [3.63, 3.8) is 0 Å². The average Bonchev–Trinajstić information content (AvgIpc) is 2.67. The fourth-order valence-electron chi connectivity index (χ4n) is 3.13. The van der Waals surface area contributed by atoms with Crippen LogP contribution in [0.25, 0.3) is 0 Å². The molecule has 18 heavy (non-hydrogen) atoms. The van der Waals surface area contributed by atoms with Crippen LogP contribution in [-0.2, 0) is 9.53 Å². The minimum absolute atomic E-state index is 0.351. The molecule has 1 aliphatic heterocycles. The van der Waals surface area contributed by atoms with E-state index in [0.717, 1.165) is 44.2 Å². The van der Waals surface area contributed by atoms with Gasteiger partial charge in [0, 0.05) is 30.9 Å². The lowest BCUT2D eigenvalue weighted by atomic mass is 9.79. The van der Waals surface area contributed by atoms with E-state index >= 15 is 0 Å². The van der Waals surface area contributed by atoms with Crippen LogP contribution >= 0.6 is 15.9 Å². The molecule has 0 radical (unpaired) electrons. The number of hydrogen-bond donors (Lipinski definition) is 0. The second kappa shape index (κ2) is 6.38. The van der Waals surface area contributed by atoms with E-state index in [4.69, 9.17) is 4.74 Å². The molecule has 2 aliphatic rings. The summed E-state index contributed by atoms with van der Waals surface area (Å²) in [7, 11) is 0. The SMILES string of the molecule is CCOC1CC(CC(=O)N2CCC(C)C2CBr)C1. The van der Waals surface area contributed by atoms with Crippen LogP contribution in [0.4, 0.5) is 0 Å². The zero-order valence-corrected chi connectivity index (χ0v) is 13.0. The maximum Gasteiger partial charge on any atom is 0.223 e. The molecule has 1 amide bonds. The highest BCUT2D eigenvalue weighted by atomic mass is 79.9. The molecular formula is C14H24BrNO2. The van der Waals surface area contributed by atoms with Crippen molar-refractivity contribution >= 4 is 21.8 Å². The molecule has 1 heterocycles. The van der Waals surface area contributed by atoms with Gasteiger partial charge in [0.15, 0.2) is 0 Å². The zero-order chi connectivity index (χ0) is 13.1. The summed E-state index contributed by atoms with van der Waals surface area (Å²) < 4.78 is 5.54. The van der Waals surface area contributed by atoms with E-state index in [0.29, 0.717) is 29.9 Å². The lowest BCUT2D eigenvalue weighted by molar-refractivity contribution is -0.135. The van der Waals surface area contributed by atoms with Crippen molar-refractivity contribution in [3.8, 4) is 0 Å². The van der Waals surface area contributed by atoms with Gasteiger partial charge in [0.2, 0.25) is 5.91 Å². The molecule has 0 bridgehead atoms. The molecule has 0 aromatic rings. The van der Waals surface area contributed by atoms with Crippen molar-refractivity contribution < 1.29 is 9.53 Å². The molecule has 0 N–H and O–H groups in total. The Morgan fingerprint density at radius 3 is 2.78 bits per heavy atom. The quantitative estimate of drug-likeness (QED) is 0.730. The largest absolute Gasteiger partial charge is 0.378 e. The lowest BCUT2D eigenvalue weighted by Gasteiger charge is -2.36. The summed E-state index contributed by atoms with van der Waals surface area (Å²) in [6.07, 6.45) is 4.43. The first kappa shape index (κ1) is 14.3. The van der Waals surface area contributed by atoms with E-state index in [1.165, 1.54) is 0 Å². The molecule has 0 spiro atoms. The van der Waals surface area contributed by atoms with Crippen LogP contribution in [0.15, 0.2) is 0 Å². The topological polar surface area (TPSA) is 29.5 Å². The maximum atomic E-state index is 12.3. The van der Waals surface area contributed by atoms with E-state index in [1.807, 2.05) is 6.92 Å². The normalized spacial score (nSPS) is 35.6. The number of ether oxygens (including phenoxy) is 1. The Labute approximate surface area is 118 Å². The van der Waals surface area contributed by atoms with Crippen LogP contribution in [0, 0.1) is 11.8 Å². The molecule has 4 heteroatoms. The Hall–Kier alpha value is -0.0900. The van der Waals surface area contributed by atoms with Crippen LogP contribution in [0.3, 0.4) is 0 Å². The molecule has 0 aromatic carbocycles. The van der Waals surface area contributed by atoms with Crippen molar-refractivity contribution in [2.24, 2.45) is 11.8 Å². The molecule has 2 rings (SSSR count). The van der Waals surface area contributed by atoms with Crippen LogP contribution < -0.4 is 0 Å². The van der Waals surface area contributed by atoms with Crippen molar-refractivity contribution in [1.29, 1.82) is 0 Å². The molecule has 2 fully saturated rings. The Balaban J connectivity index is 1.76. The van der Waals surface area contributed by atoms with Crippen molar-refractivity contribution in [3.05, 3.63) is 0 Å². The van der Waals surface area contributed by atoms with Crippen molar-refractivity contribution in [2.45, 2.75) is 51.7 Å². The van der Waals surface area contributed by atoms with E-state index in [-0.39, 0.29) is 0 Å². The first-order valence-electron chi connectivity index (χ1n) is 7.12. The highest BCUT2D eigenvalue weighted by molar-refractivity contribution is 9.09. The maximum absolute atomic E-state index is 12.3. The molecular weight excluding hydrogens is 294 g/mol. The number of rotatable bonds is 5. The molecule has 2 atom stereocenters. The third-order valence-corrected chi connectivity index (χ3v) is 5.08. The third kappa shape index (κ3) is 3.08. The summed E-state index contributed by atoms with van der Waals surface area (Å²) in [5.41, 5.74) is 0. The smallest absolute Gasteiger partial charge is 0.223 e. The van der Waals surface area contributed by atoms with Crippen LogP contribution in [-0.4, -0.2) is 41.4 Å². The van der Waals surface area contributed by atoms with Gasteiger partial charge in [0.25, 0.3) is 0 Å². The van der Waals surface area contributed by atoms with E-state index in [2.05, 4.69) is 27.8 Å². The van der Waals surface area contributed by atoms with Gasteiger partial charge in [-0.1, -0.05) is 22.9 Å². The van der Waals surface area contributed by atoms with Gasteiger partial charge in [0.05, 0.1) is 6.10 Å². The lowest BCUT2D eigenvalue weighted by Crippen LogP contribution is -2.41. The van der Waals surface area contributed by atoms with Gasteiger partial charge in [-0.15, -0.1) is 0 Å². The van der Waals surface area contributed by atoms with Gasteiger partial charge < -0.3 is 9.64 Å². The second-order valence-corrected chi connectivity index (χ2v) is 6.34. The number of likely N-dealkylation sites (tertiary alicyclic amines) is 1.